The van der Waals surface area contributed by atoms with Crippen LogP contribution in [0.4, 0.5) is 0 Å². The Bertz CT molecular complexity index is 930. The number of aromatic amines is 1. The molecule has 0 unspecified atom stereocenters. The molecule has 9 heteroatoms. The molecule has 0 radical (unpaired) electrons. The Morgan fingerprint density at radius 2 is 1.75 bits per heavy atom. The number of hydrogen-bond acceptors (Lipinski definition) is 3. The van der Waals surface area contributed by atoms with E-state index >= 15 is 0 Å². The third kappa shape index (κ3) is 4.22. The number of piperazine rings is 1. The van der Waals surface area contributed by atoms with Gasteiger partial charge >= 0.3 is 0 Å². The van der Waals surface area contributed by atoms with E-state index in [1.54, 1.807) is 17.0 Å². The lowest BCUT2D eigenvalue weighted by atomic mass is 9.99. The van der Waals surface area contributed by atoms with Crippen LogP contribution in [0.1, 0.15) is 42.2 Å². The second-order valence-electron chi connectivity index (χ2n) is 6.92. The Morgan fingerprint density at radius 3 is 2.25 bits per heavy atom. The summed E-state index contributed by atoms with van der Waals surface area (Å²) in [4.78, 5) is 17.1. The van der Waals surface area contributed by atoms with Crippen molar-refractivity contribution in [2.24, 2.45) is 0 Å². The predicted molar refractivity (Wildman–Crippen MR) is 111 cm³/mol. The Hall–Kier alpha value is -1.54. The quantitative estimate of drug-likeness (QED) is 0.758. The molecule has 1 fully saturated rings. The minimum absolute atomic E-state index is 0.215. The first-order valence-corrected chi connectivity index (χ1v) is 11.4. The molecule has 6 nitrogen and oxygen atoms in total. The molecule has 1 aromatic carbocycles. The van der Waals surface area contributed by atoms with Gasteiger partial charge in [-0.05, 0) is 36.1 Å². The van der Waals surface area contributed by atoms with Crippen molar-refractivity contribution in [3.8, 4) is 0 Å². The highest BCUT2D eigenvalue weighted by Gasteiger charge is 2.31. The van der Waals surface area contributed by atoms with Gasteiger partial charge in [0.1, 0.15) is 10.8 Å². The highest BCUT2D eigenvalue weighted by atomic mass is 35.5. The maximum atomic E-state index is 12.9. The van der Waals surface area contributed by atoms with Crippen molar-refractivity contribution in [3.05, 3.63) is 51.8 Å². The van der Waals surface area contributed by atoms with E-state index in [0.29, 0.717) is 24.7 Å². The van der Waals surface area contributed by atoms with E-state index in [9.17, 15) is 13.2 Å². The zero-order valence-corrected chi connectivity index (χ0v) is 18.1. The number of hydrogen-bond donors (Lipinski definition) is 1. The molecule has 28 heavy (non-hydrogen) atoms. The average molecular weight is 444 g/mol. The Balaban J connectivity index is 1.67. The van der Waals surface area contributed by atoms with Crippen LogP contribution in [0.2, 0.25) is 10.2 Å². The van der Waals surface area contributed by atoms with Gasteiger partial charge in [0.05, 0.1) is 9.92 Å². The summed E-state index contributed by atoms with van der Waals surface area (Å²) in [7, 11) is -3.58. The van der Waals surface area contributed by atoms with Gasteiger partial charge in [0.2, 0.25) is 10.0 Å². The van der Waals surface area contributed by atoms with Crippen LogP contribution in [-0.2, 0) is 10.0 Å². The number of carbonyl (C=O) groups is 1. The number of amides is 1. The van der Waals surface area contributed by atoms with Crippen LogP contribution < -0.4 is 0 Å². The van der Waals surface area contributed by atoms with Crippen LogP contribution >= 0.6 is 23.2 Å². The van der Waals surface area contributed by atoms with Crippen molar-refractivity contribution < 1.29 is 13.2 Å². The summed E-state index contributed by atoms with van der Waals surface area (Å²) in [5, 5.41) is 0.499. The molecule has 0 spiro atoms. The van der Waals surface area contributed by atoms with Gasteiger partial charge in [-0.3, -0.25) is 4.79 Å². The fourth-order valence-corrected chi connectivity index (χ4v) is 4.91. The zero-order valence-electron chi connectivity index (χ0n) is 15.8. The first-order valence-electron chi connectivity index (χ1n) is 9.17. The molecular weight excluding hydrogens is 421 g/mol. The smallest absolute Gasteiger partial charge is 0.270 e. The van der Waals surface area contributed by atoms with E-state index in [0.717, 1.165) is 12.0 Å². The first-order chi connectivity index (χ1) is 13.2. The van der Waals surface area contributed by atoms with Gasteiger partial charge in [0.25, 0.3) is 5.91 Å². The molecule has 3 rings (SSSR count). The second-order valence-corrected chi connectivity index (χ2v) is 9.64. The zero-order chi connectivity index (χ0) is 20.5. The highest BCUT2D eigenvalue weighted by Crippen LogP contribution is 2.25. The van der Waals surface area contributed by atoms with Crippen molar-refractivity contribution in [2.75, 3.05) is 26.2 Å². The first kappa shape index (κ1) is 21.2. The third-order valence-corrected chi connectivity index (χ3v) is 7.79. The summed E-state index contributed by atoms with van der Waals surface area (Å²) >= 11 is 11.7. The van der Waals surface area contributed by atoms with Gasteiger partial charge in [-0.25, -0.2) is 8.42 Å². The van der Waals surface area contributed by atoms with Crippen LogP contribution in [0.25, 0.3) is 0 Å². The third-order valence-electron chi connectivity index (χ3n) is 5.18. The molecule has 1 aliphatic rings. The van der Waals surface area contributed by atoms with Gasteiger partial charge in [0.15, 0.2) is 0 Å². The lowest BCUT2D eigenvalue weighted by Gasteiger charge is -2.33. The van der Waals surface area contributed by atoms with Crippen LogP contribution in [-0.4, -0.2) is 54.7 Å². The van der Waals surface area contributed by atoms with Crippen LogP contribution in [0, 0.1) is 0 Å². The normalized spacial score (nSPS) is 16.9. The molecule has 0 saturated carbocycles. The number of H-pyrrole nitrogens is 1. The molecule has 1 atom stereocenters. The van der Waals surface area contributed by atoms with Gasteiger partial charge in [-0.15, -0.1) is 0 Å². The molecule has 0 bridgehead atoms. The number of benzene rings is 1. The molecule has 1 N–H and O–H groups in total. The number of nitrogens with one attached hydrogen (secondary N) is 1. The number of carbonyl (C=O) groups excluding carboxylic acids is 1. The minimum Gasteiger partial charge on any atom is -0.340 e. The maximum Gasteiger partial charge on any atom is 0.270 e. The predicted octanol–water partition coefficient (Wildman–Crippen LogP) is 3.98. The Kier molecular flexibility index (Phi) is 6.39. The van der Waals surface area contributed by atoms with E-state index in [-0.39, 0.29) is 34.1 Å². The Labute approximate surface area is 175 Å². The molecule has 1 aliphatic heterocycles. The minimum atomic E-state index is -3.58. The van der Waals surface area contributed by atoms with Gasteiger partial charge in [0, 0.05) is 26.2 Å². The summed E-state index contributed by atoms with van der Waals surface area (Å²) in [6.07, 6.45) is 0.999. The van der Waals surface area contributed by atoms with Crippen LogP contribution in [0.15, 0.2) is 35.2 Å². The summed E-state index contributed by atoms with van der Waals surface area (Å²) in [5.74, 6) is 0.144. The van der Waals surface area contributed by atoms with Gasteiger partial charge in [-0.2, -0.15) is 4.31 Å². The van der Waals surface area contributed by atoms with Crippen molar-refractivity contribution in [3.63, 3.8) is 0 Å². The summed E-state index contributed by atoms with van der Waals surface area (Å²) < 4.78 is 27.2. The second kappa shape index (κ2) is 8.45. The average Bonchev–Trinajstić information content (AvgIpc) is 3.05. The van der Waals surface area contributed by atoms with E-state index in [1.165, 1.54) is 10.4 Å². The molecule has 1 aromatic heterocycles. The molecule has 2 heterocycles. The van der Waals surface area contributed by atoms with Crippen LogP contribution in [0.5, 0.6) is 0 Å². The molecular formula is C19H23Cl2N3O3S. The molecule has 0 aliphatic carbocycles. The maximum absolute atomic E-state index is 12.9. The lowest BCUT2D eigenvalue weighted by molar-refractivity contribution is 0.0692. The van der Waals surface area contributed by atoms with Crippen molar-refractivity contribution in [1.29, 1.82) is 0 Å². The van der Waals surface area contributed by atoms with Crippen molar-refractivity contribution in [2.45, 2.75) is 31.1 Å². The number of nitrogens with zero attached hydrogens (tertiary/aromatic N) is 2. The van der Waals surface area contributed by atoms with E-state index in [4.69, 9.17) is 23.2 Å². The van der Waals surface area contributed by atoms with Crippen LogP contribution in [0.3, 0.4) is 0 Å². The molecule has 1 saturated heterocycles. The fraction of sp³-hybridized carbons (Fsp3) is 0.421. The molecule has 1 amide bonds. The van der Waals surface area contributed by atoms with Gasteiger partial charge < -0.3 is 9.88 Å². The summed E-state index contributed by atoms with van der Waals surface area (Å²) in [6, 6.07) is 8.56. The standard InChI is InChI=1S/C19H23Cl2N3O3S/c1-3-13(2)14-4-6-15(7-5-14)28(26,27)24-10-8-23(9-11-24)19(25)17-12-16(20)18(21)22-17/h4-7,12-13,22H,3,8-11H2,1-2H3/t13-/m0/s1. The van der Waals surface area contributed by atoms with Gasteiger partial charge in [-0.1, -0.05) is 49.2 Å². The molecule has 2 aromatic rings. The fourth-order valence-electron chi connectivity index (χ4n) is 3.17. The number of halogens is 2. The van der Waals surface area contributed by atoms with E-state index < -0.39 is 10.0 Å². The lowest BCUT2D eigenvalue weighted by Crippen LogP contribution is -2.50. The van der Waals surface area contributed by atoms with Crippen molar-refractivity contribution in [1.82, 2.24) is 14.2 Å². The van der Waals surface area contributed by atoms with Crippen molar-refractivity contribution >= 4 is 39.1 Å². The Morgan fingerprint density at radius 1 is 1.14 bits per heavy atom. The van der Waals surface area contributed by atoms with E-state index in [1.807, 2.05) is 12.1 Å². The number of sulfonamides is 1. The summed E-state index contributed by atoms with van der Waals surface area (Å²) in [5.41, 5.74) is 1.42. The summed E-state index contributed by atoms with van der Waals surface area (Å²) in [6.45, 7) is 5.30. The largest absolute Gasteiger partial charge is 0.340 e. The monoisotopic (exact) mass is 443 g/mol. The van der Waals surface area contributed by atoms with E-state index in [2.05, 4.69) is 18.8 Å². The number of rotatable bonds is 5. The molecule has 152 valence electrons. The number of aromatic nitrogens is 1. The highest BCUT2D eigenvalue weighted by molar-refractivity contribution is 7.89. The topological polar surface area (TPSA) is 73.5 Å². The SMILES string of the molecule is CC[C@H](C)c1ccc(S(=O)(=O)N2CCN(C(=O)c3cc(Cl)c(Cl)[nH]3)CC2)cc1.